The van der Waals surface area contributed by atoms with Crippen molar-refractivity contribution in [2.24, 2.45) is 0 Å². The van der Waals surface area contributed by atoms with Gasteiger partial charge in [-0.2, -0.15) is 0 Å². The van der Waals surface area contributed by atoms with Crippen LogP contribution in [-0.2, 0) is 13.0 Å². The molecule has 0 radical (unpaired) electrons. The zero-order valence-corrected chi connectivity index (χ0v) is 12.6. The van der Waals surface area contributed by atoms with Crippen LogP contribution >= 0.6 is 11.8 Å². The van der Waals surface area contributed by atoms with Gasteiger partial charge in [0.25, 0.3) is 0 Å². The lowest BCUT2D eigenvalue weighted by Crippen LogP contribution is -2.11. The summed E-state index contributed by atoms with van der Waals surface area (Å²) in [7, 11) is 0. The minimum absolute atomic E-state index is 0.0381. The number of carboxylic acids is 1. The summed E-state index contributed by atoms with van der Waals surface area (Å²) in [6.07, 6.45) is 0.859. The van der Waals surface area contributed by atoms with Gasteiger partial charge in [-0.3, -0.25) is 4.79 Å². The molecule has 0 saturated carbocycles. The smallest absolute Gasteiger partial charge is 0.335 e. The van der Waals surface area contributed by atoms with Crippen molar-refractivity contribution < 1.29 is 19.4 Å². The predicted octanol–water partition coefficient (Wildman–Crippen LogP) is 3.39. The summed E-state index contributed by atoms with van der Waals surface area (Å²) >= 11 is 1.31. The first-order valence-corrected chi connectivity index (χ1v) is 7.88. The second kappa shape index (κ2) is 6.23. The molecule has 5 heteroatoms. The average molecular weight is 314 g/mol. The van der Waals surface area contributed by atoms with E-state index in [1.54, 1.807) is 24.3 Å². The van der Waals surface area contributed by atoms with Gasteiger partial charge in [0.05, 0.1) is 11.1 Å². The van der Waals surface area contributed by atoms with E-state index >= 15 is 0 Å². The molecule has 1 aliphatic heterocycles. The quantitative estimate of drug-likeness (QED) is 0.937. The fourth-order valence-corrected chi connectivity index (χ4v) is 3.30. The first-order valence-electron chi connectivity index (χ1n) is 6.89. The predicted molar refractivity (Wildman–Crippen MR) is 84.7 cm³/mol. The lowest BCUT2D eigenvalue weighted by atomic mass is 10.0. The number of hydrogen-bond acceptors (Lipinski definition) is 4. The first-order chi connectivity index (χ1) is 10.6. The topological polar surface area (TPSA) is 63.6 Å². The number of ether oxygens (including phenoxy) is 1. The van der Waals surface area contributed by atoms with Crippen molar-refractivity contribution >= 4 is 22.8 Å². The molecule has 0 spiro atoms. The van der Waals surface area contributed by atoms with Crippen LogP contribution in [0.5, 0.6) is 5.75 Å². The molecule has 2 aromatic rings. The third kappa shape index (κ3) is 2.99. The Balaban J connectivity index is 1.81. The number of carboxylic acid groups (broad SMARTS) is 1. The Morgan fingerprint density at radius 3 is 2.86 bits per heavy atom. The maximum atomic E-state index is 12.1. The molecule has 0 amide bonds. The summed E-state index contributed by atoms with van der Waals surface area (Å²) < 4.78 is 5.77. The molecule has 0 aromatic heterocycles. The minimum atomic E-state index is -0.967. The van der Waals surface area contributed by atoms with Gasteiger partial charge in [-0.25, -0.2) is 4.79 Å². The minimum Gasteiger partial charge on any atom is -0.488 e. The number of carbonyl (C=O) groups excluding carboxylic acids is 1. The second-order valence-electron chi connectivity index (χ2n) is 4.97. The fourth-order valence-electron chi connectivity index (χ4n) is 2.42. The Hall–Kier alpha value is -2.27. The molecule has 3 rings (SSSR count). The maximum absolute atomic E-state index is 12.1. The molecular formula is C17H14O4S. The van der Waals surface area contributed by atoms with Gasteiger partial charge in [-0.1, -0.05) is 36.0 Å². The molecule has 0 fully saturated rings. The van der Waals surface area contributed by atoms with Crippen LogP contribution in [0.3, 0.4) is 0 Å². The molecule has 22 heavy (non-hydrogen) atoms. The Morgan fingerprint density at radius 2 is 2.05 bits per heavy atom. The van der Waals surface area contributed by atoms with E-state index in [4.69, 9.17) is 9.84 Å². The number of carbonyl (C=O) groups is 2. The summed E-state index contributed by atoms with van der Waals surface area (Å²) in [4.78, 5) is 23.0. The zero-order valence-electron chi connectivity index (χ0n) is 11.7. The van der Waals surface area contributed by atoms with Crippen LogP contribution in [0.2, 0.25) is 0 Å². The van der Waals surface area contributed by atoms with Crippen molar-refractivity contribution in [3.8, 4) is 5.75 Å². The van der Waals surface area contributed by atoms with Gasteiger partial charge in [0.2, 0.25) is 5.12 Å². The van der Waals surface area contributed by atoms with E-state index in [1.165, 1.54) is 17.8 Å². The van der Waals surface area contributed by atoms with Gasteiger partial charge in [-0.15, -0.1) is 0 Å². The zero-order chi connectivity index (χ0) is 15.5. The molecule has 0 unspecified atom stereocenters. The Kier molecular flexibility index (Phi) is 4.15. The number of benzene rings is 2. The Labute approximate surface area is 132 Å². The SMILES string of the molecule is O=C(O)c1cccc(COc2cccc3c2C(=O)SCC3)c1. The standard InChI is InChI=1S/C17H14O4S/c18-16(19)13-5-1-3-11(9-13)10-21-14-6-2-4-12-7-8-22-17(20)15(12)14/h1-6,9H,7-8,10H2,(H,18,19). The number of fused-ring (bicyclic) bond motifs is 1. The molecule has 2 aromatic carbocycles. The lowest BCUT2D eigenvalue weighted by Gasteiger charge is -2.18. The second-order valence-corrected chi connectivity index (χ2v) is 6.04. The highest BCUT2D eigenvalue weighted by Gasteiger charge is 2.22. The molecular weight excluding hydrogens is 300 g/mol. The van der Waals surface area contributed by atoms with Crippen molar-refractivity contribution in [3.63, 3.8) is 0 Å². The van der Waals surface area contributed by atoms with E-state index in [0.29, 0.717) is 11.3 Å². The highest BCUT2D eigenvalue weighted by Crippen LogP contribution is 2.32. The van der Waals surface area contributed by atoms with E-state index in [-0.39, 0.29) is 17.3 Å². The summed E-state index contributed by atoms with van der Waals surface area (Å²) in [6, 6.07) is 12.2. The molecule has 1 heterocycles. The lowest BCUT2D eigenvalue weighted by molar-refractivity contribution is 0.0696. The third-order valence-corrected chi connectivity index (χ3v) is 4.36. The van der Waals surface area contributed by atoms with Crippen molar-refractivity contribution in [3.05, 3.63) is 64.7 Å². The van der Waals surface area contributed by atoms with E-state index in [2.05, 4.69) is 0 Å². The monoisotopic (exact) mass is 314 g/mol. The molecule has 0 saturated heterocycles. The number of aryl methyl sites for hydroxylation is 1. The van der Waals surface area contributed by atoms with E-state index in [0.717, 1.165) is 23.3 Å². The van der Waals surface area contributed by atoms with Gasteiger partial charge < -0.3 is 9.84 Å². The van der Waals surface area contributed by atoms with E-state index < -0.39 is 5.97 Å². The number of rotatable bonds is 4. The van der Waals surface area contributed by atoms with Crippen LogP contribution < -0.4 is 4.74 Å². The summed E-state index contributed by atoms with van der Waals surface area (Å²) in [5.74, 6) is 0.400. The molecule has 4 nitrogen and oxygen atoms in total. The van der Waals surface area contributed by atoms with Crippen LogP contribution in [0, 0.1) is 0 Å². The van der Waals surface area contributed by atoms with Crippen molar-refractivity contribution in [2.45, 2.75) is 13.0 Å². The normalized spacial score (nSPS) is 13.5. The van der Waals surface area contributed by atoms with Crippen molar-refractivity contribution in [2.75, 3.05) is 5.75 Å². The highest BCUT2D eigenvalue weighted by atomic mass is 32.2. The third-order valence-electron chi connectivity index (χ3n) is 3.49. The molecule has 0 aliphatic carbocycles. The van der Waals surface area contributed by atoms with Gasteiger partial charge in [0.15, 0.2) is 0 Å². The van der Waals surface area contributed by atoms with Crippen LogP contribution in [0.4, 0.5) is 0 Å². The summed E-state index contributed by atoms with van der Waals surface area (Å²) in [5.41, 5.74) is 2.64. The van der Waals surface area contributed by atoms with Crippen LogP contribution in [0.25, 0.3) is 0 Å². The van der Waals surface area contributed by atoms with Gasteiger partial charge >= 0.3 is 5.97 Å². The Bertz CT molecular complexity index is 739. The molecule has 0 bridgehead atoms. The fraction of sp³-hybridized carbons (Fsp3) is 0.176. The molecule has 1 aliphatic rings. The molecule has 112 valence electrons. The summed E-state index contributed by atoms with van der Waals surface area (Å²) in [5, 5.41) is 9.04. The van der Waals surface area contributed by atoms with Crippen molar-refractivity contribution in [1.29, 1.82) is 0 Å². The average Bonchev–Trinajstić information content (AvgIpc) is 2.53. The highest BCUT2D eigenvalue weighted by molar-refractivity contribution is 8.14. The van der Waals surface area contributed by atoms with Gasteiger partial charge in [-0.05, 0) is 35.7 Å². The molecule has 1 N–H and O–H groups in total. The largest absolute Gasteiger partial charge is 0.488 e. The maximum Gasteiger partial charge on any atom is 0.335 e. The first kappa shape index (κ1) is 14.7. The van der Waals surface area contributed by atoms with E-state index in [1.807, 2.05) is 12.1 Å². The number of hydrogen-bond donors (Lipinski definition) is 1. The van der Waals surface area contributed by atoms with Crippen LogP contribution in [0.15, 0.2) is 42.5 Å². The van der Waals surface area contributed by atoms with Crippen LogP contribution in [-0.4, -0.2) is 21.9 Å². The van der Waals surface area contributed by atoms with Gasteiger partial charge in [0, 0.05) is 5.75 Å². The van der Waals surface area contributed by atoms with E-state index in [9.17, 15) is 9.59 Å². The van der Waals surface area contributed by atoms with Gasteiger partial charge in [0.1, 0.15) is 12.4 Å². The number of aromatic carboxylic acids is 1. The number of thioether (sulfide) groups is 1. The summed E-state index contributed by atoms with van der Waals surface area (Å²) in [6.45, 7) is 0.232. The molecule has 0 atom stereocenters. The Morgan fingerprint density at radius 1 is 1.23 bits per heavy atom. The van der Waals surface area contributed by atoms with Crippen LogP contribution in [0.1, 0.15) is 31.8 Å². The van der Waals surface area contributed by atoms with Crippen molar-refractivity contribution in [1.82, 2.24) is 0 Å².